The highest BCUT2D eigenvalue weighted by Gasteiger charge is 2.55. The second kappa shape index (κ2) is 8.15. The zero-order valence-corrected chi connectivity index (χ0v) is 17.8. The number of nitrogens with one attached hydrogen (secondary N) is 1. The fourth-order valence-corrected chi connectivity index (χ4v) is 6.93. The van der Waals surface area contributed by atoms with Crippen LogP contribution in [0.1, 0.15) is 74.6 Å². The molecule has 3 N–H and O–H groups in total. The molecule has 1 amide bonds. The van der Waals surface area contributed by atoms with E-state index in [-0.39, 0.29) is 18.6 Å². The molecule has 0 radical (unpaired) electrons. The van der Waals surface area contributed by atoms with Gasteiger partial charge in [-0.1, -0.05) is 19.3 Å². The standard InChI is InChI=1S/C23H35N3O4/c27-7-6-26-22(30-14-15-4-2-1-3-5-15)19(13-24-26)21(28)25-20-17-8-16-9-18(20)12-23(29,10-16)11-17/h13,15-18,20,27,29H,1-12,14H2,(H,25,28). The lowest BCUT2D eigenvalue weighted by molar-refractivity contribution is -0.136. The smallest absolute Gasteiger partial charge is 0.258 e. The maximum Gasteiger partial charge on any atom is 0.258 e. The van der Waals surface area contributed by atoms with Crippen LogP contribution in [0.4, 0.5) is 0 Å². The summed E-state index contributed by atoms with van der Waals surface area (Å²) in [5.41, 5.74) is -0.0374. The predicted molar refractivity (Wildman–Crippen MR) is 111 cm³/mol. The van der Waals surface area contributed by atoms with Crippen LogP contribution in [0, 0.1) is 23.7 Å². The Morgan fingerprint density at radius 3 is 2.60 bits per heavy atom. The Kier molecular flexibility index (Phi) is 5.52. The van der Waals surface area contributed by atoms with Gasteiger partial charge < -0.3 is 20.3 Å². The van der Waals surface area contributed by atoms with Crippen molar-refractivity contribution in [1.29, 1.82) is 0 Å². The zero-order chi connectivity index (χ0) is 20.7. The second-order valence-electron chi connectivity index (χ2n) is 10.3. The van der Waals surface area contributed by atoms with E-state index in [2.05, 4.69) is 10.4 Å². The number of carbonyl (C=O) groups is 1. The summed E-state index contributed by atoms with van der Waals surface area (Å²) in [6.07, 6.45) is 12.5. The lowest BCUT2D eigenvalue weighted by atomic mass is 9.52. The van der Waals surface area contributed by atoms with Crippen LogP contribution < -0.4 is 10.1 Å². The molecule has 0 saturated heterocycles. The van der Waals surface area contributed by atoms with Crippen molar-refractivity contribution in [3.63, 3.8) is 0 Å². The molecule has 1 aromatic heterocycles. The summed E-state index contributed by atoms with van der Waals surface area (Å²) in [4.78, 5) is 13.2. The van der Waals surface area contributed by atoms with E-state index >= 15 is 0 Å². The van der Waals surface area contributed by atoms with Crippen molar-refractivity contribution in [2.75, 3.05) is 13.2 Å². The molecule has 2 unspecified atom stereocenters. The Morgan fingerprint density at radius 1 is 1.20 bits per heavy atom. The molecule has 4 bridgehead atoms. The lowest BCUT2D eigenvalue weighted by Crippen LogP contribution is -2.61. The van der Waals surface area contributed by atoms with E-state index in [1.807, 2.05) is 0 Å². The SMILES string of the molecule is O=C(NC1C2CC3CC1CC(O)(C3)C2)c1cnn(CCO)c1OCC1CCCCC1. The van der Waals surface area contributed by atoms with E-state index < -0.39 is 5.60 Å². The Balaban J connectivity index is 1.29. The molecule has 5 fully saturated rings. The summed E-state index contributed by atoms with van der Waals surface area (Å²) < 4.78 is 7.74. The molecule has 0 spiro atoms. The quantitative estimate of drug-likeness (QED) is 0.633. The molecule has 30 heavy (non-hydrogen) atoms. The molecule has 5 saturated carbocycles. The molecule has 166 valence electrons. The molecule has 1 aromatic rings. The highest BCUT2D eigenvalue weighted by molar-refractivity contribution is 5.96. The Labute approximate surface area is 178 Å². The largest absolute Gasteiger partial charge is 0.477 e. The van der Waals surface area contributed by atoms with Crippen LogP contribution in [0.5, 0.6) is 5.88 Å². The van der Waals surface area contributed by atoms with E-state index in [1.165, 1.54) is 32.1 Å². The van der Waals surface area contributed by atoms with Gasteiger partial charge in [0.05, 0.1) is 31.6 Å². The summed E-state index contributed by atoms with van der Waals surface area (Å²) in [6, 6.07) is 0.127. The first-order valence-electron chi connectivity index (χ1n) is 11.9. The van der Waals surface area contributed by atoms with Crippen LogP contribution in [0.3, 0.4) is 0 Å². The van der Waals surface area contributed by atoms with Crippen LogP contribution in [0.2, 0.25) is 0 Å². The molecular weight excluding hydrogens is 382 g/mol. The van der Waals surface area contributed by atoms with Gasteiger partial charge >= 0.3 is 0 Å². The van der Waals surface area contributed by atoms with Gasteiger partial charge in [-0.15, -0.1) is 0 Å². The van der Waals surface area contributed by atoms with E-state index in [0.717, 1.165) is 32.1 Å². The van der Waals surface area contributed by atoms with E-state index in [0.29, 0.717) is 48.3 Å². The van der Waals surface area contributed by atoms with Gasteiger partial charge in [-0.2, -0.15) is 5.10 Å². The number of amides is 1. The summed E-state index contributed by atoms with van der Waals surface area (Å²) >= 11 is 0. The van der Waals surface area contributed by atoms with Gasteiger partial charge in [0.1, 0.15) is 5.56 Å². The minimum atomic E-state index is -0.502. The van der Waals surface area contributed by atoms with E-state index in [4.69, 9.17) is 4.74 Å². The average Bonchev–Trinajstić information content (AvgIpc) is 3.11. The van der Waals surface area contributed by atoms with Gasteiger partial charge in [0.2, 0.25) is 5.88 Å². The molecular formula is C23H35N3O4. The molecule has 0 aromatic carbocycles. The van der Waals surface area contributed by atoms with E-state index in [1.54, 1.807) is 10.9 Å². The van der Waals surface area contributed by atoms with Gasteiger partial charge in [0.25, 0.3) is 5.91 Å². The molecule has 0 aliphatic heterocycles. The van der Waals surface area contributed by atoms with Crippen LogP contribution in [-0.4, -0.2) is 50.8 Å². The maximum atomic E-state index is 13.2. The summed E-state index contributed by atoms with van der Waals surface area (Å²) in [6.45, 7) is 0.868. The first-order chi connectivity index (χ1) is 14.5. The van der Waals surface area contributed by atoms with Gasteiger partial charge in [0.15, 0.2) is 0 Å². The maximum absolute atomic E-state index is 13.2. The highest BCUT2D eigenvalue weighted by atomic mass is 16.5. The number of aliphatic hydroxyl groups excluding tert-OH is 1. The summed E-state index contributed by atoms with van der Waals surface area (Å²) in [7, 11) is 0. The molecule has 7 nitrogen and oxygen atoms in total. The Hall–Kier alpha value is -1.60. The third-order valence-corrected chi connectivity index (χ3v) is 8.07. The molecule has 5 aliphatic carbocycles. The van der Waals surface area contributed by atoms with Crippen LogP contribution in [-0.2, 0) is 6.54 Å². The highest BCUT2D eigenvalue weighted by Crippen LogP contribution is 2.55. The second-order valence-corrected chi connectivity index (χ2v) is 10.3. The number of nitrogens with zero attached hydrogens (tertiary/aromatic N) is 2. The first-order valence-corrected chi connectivity index (χ1v) is 11.9. The third-order valence-electron chi connectivity index (χ3n) is 8.07. The molecule has 1 heterocycles. The van der Waals surface area contributed by atoms with Crippen molar-refractivity contribution in [3.05, 3.63) is 11.8 Å². The fraction of sp³-hybridized carbons (Fsp3) is 0.826. The van der Waals surface area contributed by atoms with Crippen molar-refractivity contribution >= 4 is 5.91 Å². The van der Waals surface area contributed by atoms with Crippen molar-refractivity contribution in [2.24, 2.45) is 23.7 Å². The summed E-state index contributed by atoms with van der Waals surface area (Å²) in [5, 5.41) is 27.8. The van der Waals surface area contributed by atoms with Gasteiger partial charge in [-0.05, 0) is 68.6 Å². The van der Waals surface area contributed by atoms with Gasteiger partial charge in [0, 0.05) is 6.04 Å². The van der Waals surface area contributed by atoms with Crippen LogP contribution >= 0.6 is 0 Å². The first kappa shape index (κ1) is 20.3. The zero-order valence-electron chi connectivity index (χ0n) is 17.8. The number of carbonyl (C=O) groups excluding carboxylic acids is 1. The lowest BCUT2D eigenvalue weighted by Gasteiger charge is -2.58. The van der Waals surface area contributed by atoms with Gasteiger partial charge in [-0.3, -0.25) is 4.79 Å². The number of rotatable bonds is 7. The Morgan fingerprint density at radius 2 is 1.93 bits per heavy atom. The van der Waals surface area contributed by atoms with Crippen molar-refractivity contribution < 1.29 is 19.7 Å². The topological polar surface area (TPSA) is 96.6 Å². The van der Waals surface area contributed by atoms with Crippen molar-refractivity contribution in [2.45, 2.75) is 82.4 Å². The monoisotopic (exact) mass is 417 g/mol. The minimum absolute atomic E-state index is 0.0464. The van der Waals surface area contributed by atoms with Gasteiger partial charge in [-0.25, -0.2) is 4.68 Å². The predicted octanol–water partition coefficient (Wildman–Crippen LogP) is 2.50. The number of aromatic nitrogens is 2. The van der Waals surface area contributed by atoms with Crippen molar-refractivity contribution in [1.82, 2.24) is 15.1 Å². The molecule has 6 rings (SSSR count). The van der Waals surface area contributed by atoms with Crippen molar-refractivity contribution in [3.8, 4) is 5.88 Å². The van der Waals surface area contributed by atoms with E-state index in [9.17, 15) is 15.0 Å². The number of aliphatic hydroxyl groups is 2. The number of ether oxygens (including phenoxy) is 1. The van der Waals surface area contributed by atoms with Crippen LogP contribution in [0.15, 0.2) is 6.20 Å². The average molecular weight is 418 g/mol. The minimum Gasteiger partial charge on any atom is -0.477 e. The number of hydrogen-bond donors (Lipinski definition) is 3. The molecule has 7 heteroatoms. The fourth-order valence-electron chi connectivity index (χ4n) is 6.93. The molecule has 2 atom stereocenters. The third kappa shape index (κ3) is 3.86. The summed E-state index contributed by atoms with van der Waals surface area (Å²) in [5.74, 6) is 2.21. The van der Waals surface area contributed by atoms with Crippen LogP contribution in [0.25, 0.3) is 0 Å². The number of hydrogen-bond acceptors (Lipinski definition) is 5. The Bertz CT molecular complexity index is 756. The normalized spacial score (nSPS) is 35.5. The molecule has 5 aliphatic rings.